The van der Waals surface area contributed by atoms with E-state index < -0.39 is 10.0 Å². The molecule has 10 heteroatoms. The highest BCUT2D eigenvalue weighted by Crippen LogP contribution is 2.40. The second-order valence-corrected chi connectivity index (χ2v) is 12.6. The summed E-state index contributed by atoms with van der Waals surface area (Å²) in [7, 11) is -4.01. The summed E-state index contributed by atoms with van der Waals surface area (Å²) in [5.74, 6) is -0.245. The van der Waals surface area contributed by atoms with Crippen molar-refractivity contribution in [2.75, 3.05) is 13.1 Å². The highest BCUT2D eigenvalue weighted by molar-refractivity contribution is 7.89. The topological polar surface area (TPSA) is 57.7 Å². The van der Waals surface area contributed by atoms with Crippen LogP contribution in [-0.2, 0) is 21.2 Å². The molecular formula is C24H21Cl3N2O3S2. The Morgan fingerprint density at radius 3 is 2.44 bits per heavy atom. The van der Waals surface area contributed by atoms with Gasteiger partial charge in [-0.15, -0.1) is 11.3 Å². The van der Waals surface area contributed by atoms with Gasteiger partial charge < -0.3 is 4.90 Å². The number of hydrogen-bond donors (Lipinski definition) is 0. The number of nitrogens with zero attached hydrogens (tertiary/aromatic N) is 2. The predicted octanol–water partition coefficient (Wildman–Crippen LogP) is 6.04. The molecule has 0 spiro atoms. The first kappa shape index (κ1) is 24.1. The minimum atomic E-state index is -4.01. The molecule has 2 heterocycles. The van der Waals surface area contributed by atoms with Crippen molar-refractivity contribution < 1.29 is 13.2 Å². The number of benzene rings is 2. The second-order valence-electron chi connectivity index (χ2n) is 8.45. The minimum Gasteiger partial charge on any atom is -0.330 e. The van der Waals surface area contributed by atoms with Crippen LogP contribution in [-0.4, -0.2) is 42.7 Å². The number of rotatable bonds is 6. The van der Waals surface area contributed by atoms with E-state index in [0.29, 0.717) is 24.4 Å². The first-order valence-electron chi connectivity index (χ1n) is 10.8. The molecule has 1 atom stereocenters. The molecule has 0 saturated heterocycles. The number of fused-ring (bicyclic) bond motifs is 1. The fourth-order valence-corrected chi connectivity index (χ4v) is 7.79. The van der Waals surface area contributed by atoms with Crippen molar-refractivity contribution in [2.45, 2.75) is 36.2 Å². The van der Waals surface area contributed by atoms with E-state index in [1.807, 2.05) is 35.7 Å². The van der Waals surface area contributed by atoms with E-state index in [1.54, 1.807) is 22.3 Å². The molecular weight excluding hydrogens is 535 g/mol. The molecule has 0 N–H and O–H groups in total. The van der Waals surface area contributed by atoms with Crippen molar-refractivity contribution in [3.63, 3.8) is 0 Å². The average Bonchev–Trinajstić information content (AvgIpc) is 3.54. The molecule has 1 fully saturated rings. The molecule has 5 nitrogen and oxygen atoms in total. The molecule has 1 aliphatic carbocycles. The van der Waals surface area contributed by atoms with Crippen LogP contribution in [0.2, 0.25) is 15.1 Å². The maximum atomic E-state index is 13.7. The van der Waals surface area contributed by atoms with E-state index in [0.717, 1.165) is 17.5 Å². The van der Waals surface area contributed by atoms with Crippen molar-refractivity contribution in [2.24, 2.45) is 0 Å². The van der Waals surface area contributed by atoms with Crippen molar-refractivity contribution in [1.29, 1.82) is 0 Å². The van der Waals surface area contributed by atoms with Crippen molar-refractivity contribution in [3.05, 3.63) is 85.0 Å². The molecule has 1 amide bonds. The smallest absolute Gasteiger partial charge is 0.245 e. The molecule has 1 aliphatic heterocycles. The summed E-state index contributed by atoms with van der Waals surface area (Å²) in [6.07, 6.45) is 2.15. The van der Waals surface area contributed by atoms with Crippen LogP contribution in [0.5, 0.6) is 0 Å². The number of sulfonamides is 1. The van der Waals surface area contributed by atoms with E-state index >= 15 is 0 Å². The third kappa shape index (κ3) is 4.62. The summed E-state index contributed by atoms with van der Waals surface area (Å²) in [5.41, 5.74) is 2.02. The zero-order valence-electron chi connectivity index (χ0n) is 18.0. The maximum absolute atomic E-state index is 13.7. The van der Waals surface area contributed by atoms with Crippen LogP contribution < -0.4 is 0 Å². The average molecular weight is 556 g/mol. The quantitative estimate of drug-likeness (QED) is 0.373. The molecule has 0 bridgehead atoms. The minimum absolute atomic E-state index is 0.0746. The van der Waals surface area contributed by atoms with Crippen LogP contribution in [0.1, 0.15) is 34.9 Å². The number of thiophene rings is 1. The molecule has 0 unspecified atom stereocenters. The van der Waals surface area contributed by atoms with Gasteiger partial charge in [-0.05, 0) is 72.2 Å². The third-order valence-electron chi connectivity index (χ3n) is 6.20. The van der Waals surface area contributed by atoms with Crippen molar-refractivity contribution in [3.8, 4) is 0 Å². The predicted molar refractivity (Wildman–Crippen MR) is 136 cm³/mol. The number of carbonyl (C=O) groups is 1. The van der Waals surface area contributed by atoms with Gasteiger partial charge in [0.15, 0.2) is 0 Å². The summed E-state index contributed by atoms with van der Waals surface area (Å²) in [6, 6.07) is 13.3. The standard InChI is InChI=1S/C24H21Cl3N2O3S2/c25-16-3-1-15(2-4-16)24-19-10-12-33-21(19)9-11-28(24)23(30)14-29(18-6-7-18)34(31,32)22-13-17(26)5-8-20(22)27/h1-5,8,10,12-13,18,24H,6-7,9,11,14H2/t24-/m0/s1. The Hall–Kier alpha value is -1.61. The van der Waals surface area contributed by atoms with Gasteiger partial charge in [-0.2, -0.15) is 4.31 Å². The molecule has 3 aromatic rings. The molecule has 0 radical (unpaired) electrons. The fraction of sp³-hybridized carbons (Fsp3) is 0.292. The van der Waals surface area contributed by atoms with Gasteiger partial charge in [-0.25, -0.2) is 8.42 Å². The maximum Gasteiger partial charge on any atom is 0.245 e. The lowest BCUT2D eigenvalue weighted by molar-refractivity contribution is -0.133. The zero-order chi connectivity index (χ0) is 24.0. The van der Waals surface area contributed by atoms with Gasteiger partial charge in [0, 0.05) is 27.5 Å². The summed E-state index contributed by atoms with van der Waals surface area (Å²) in [6.45, 7) is 0.259. The van der Waals surface area contributed by atoms with Crippen LogP contribution in [0.15, 0.2) is 58.8 Å². The normalized spacial score (nSPS) is 18.2. The Kier molecular flexibility index (Phi) is 6.70. The van der Waals surface area contributed by atoms with Gasteiger partial charge in [0.05, 0.1) is 17.6 Å². The van der Waals surface area contributed by atoms with E-state index in [2.05, 4.69) is 0 Å². The molecule has 1 saturated carbocycles. The number of amides is 1. The van der Waals surface area contributed by atoms with Gasteiger partial charge in [-0.3, -0.25) is 4.79 Å². The second kappa shape index (κ2) is 9.45. The van der Waals surface area contributed by atoms with E-state index in [1.165, 1.54) is 21.3 Å². The third-order valence-corrected chi connectivity index (χ3v) is 10.1. The Morgan fingerprint density at radius 2 is 1.74 bits per heavy atom. The Labute approximate surface area is 217 Å². The molecule has 2 aromatic carbocycles. The highest BCUT2D eigenvalue weighted by atomic mass is 35.5. The molecule has 178 valence electrons. The SMILES string of the molecule is O=C(CN(C1CC1)S(=O)(=O)c1cc(Cl)ccc1Cl)N1CCc2sccc2[C@@H]1c1ccc(Cl)cc1. The van der Waals surface area contributed by atoms with Gasteiger partial charge in [0.2, 0.25) is 15.9 Å². The lowest BCUT2D eigenvalue weighted by Gasteiger charge is -2.37. The number of carbonyl (C=O) groups excluding carboxylic acids is 1. The number of halogens is 3. The van der Waals surface area contributed by atoms with Crippen LogP contribution in [0.25, 0.3) is 0 Å². The highest BCUT2D eigenvalue weighted by Gasteiger charge is 2.42. The lowest BCUT2D eigenvalue weighted by atomic mass is 9.93. The Balaban J connectivity index is 1.48. The lowest BCUT2D eigenvalue weighted by Crippen LogP contribution is -2.47. The van der Waals surface area contributed by atoms with Crippen molar-refractivity contribution >= 4 is 62.1 Å². The van der Waals surface area contributed by atoms with E-state index in [-0.39, 0.29) is 39.5 Å². The monoisotopic (exact) mass is 554 g/mol. The van der Waals surface area contributed by atoms with Gasteiger partial charge in [0.1, 0.15) is 4.90 Å². The molecule has 34 heavy (non-hydrogen) atoms. The summed E-state index contributed by atoms with van der Waals surface area (Å²) in [5, 5.41) is 3.01. The summed E-state index contributed by atoms with van der Waals surface area (Å²) < 4.78 is 28.4. The Bertz CT molecular complexity index is 1340. The molecule has 5 rings (SSSR count). The van der Waals surface area contributed by atoms with E-state index in [4.69, 9.17) is 34.8 Å². The van der Waals surface area contributed by atoms with Crippen molar-refractivity contribution in [1.82, 2.24) is 9.21 Å². The molecule has 2 aliphatic rings. The largest absolute Gasteiger partial charge is 0.330 e. The van der Waals surface area contributed by atoms with Crippen LogP contribution in [0.4, 0.5) is 0 Å². The van der Waals surface area contributed by atoms with Gasteiger partial charge >= 0.3 is 0 Å². The zero-order valence-corrected chi connectivity index (χ0v) is 21.9. The van der Waals surface area contributed by atoms with Gasteiger partial charge in [0.25, 0.3) is 0 Å². The van der Waals surface area contributed by atoms with Gasteiger partial charge in [-0.1, -0.05) is 46.9 Å². The van der Waals surface area contributed by atoms with Crippen LogP contribution in [0.3, 0.4) is 0 Å². The molecule has 1 aromatic heterocycles. The fourth-order valence-electron chi connectivity index (χ4n) is 4.39. The van der Waals surface area contributed by atoms with Crippen LogP contribution in [0, 0.1) is 0 Å². The summed E-state index contributed by atoms with van der Waals surface area (Å²) >= 11 is 20.1. The number of hydrogen-bond acceptors (Lipinski definition) is 4. The first-order valence-corrected chi connectivity index (χ1v) is 14.3. The Morgan fingerprint density at radius 1 is 1.03 bits per heavy atom. The van der Waals surface area contributed by atoms with E-state index in [9.17, 15) is 13.2 Å². The summed E-state index contributed by atoms with van der Waals surface area (Å²) in [4.78, 5) is 16.6. The first-order chi connectivity index (χ1) is 16.3. The van der Waals surface area contributed by atoms with Crippen LogP contribution >= 0.6 is 46.1 Å².